The number of nitrogens with zero attached hydrogens (tertiary/aromatic N) is 3. The van der Waals surface area contributed by atoms with Crippen LogP contribution < -0.4 is 10.6 Å². The van der Waals surface area contributed by atoms with E-state index in [9.17, 15) is 4.79 Å². The van der Waals surface area contributed by atoms with Crippen molar-refractivity contribution in [1.82, 2.24) is 20.0 Å². The third-order valence-corrected chi connectivity index (χ3v) is 4.75. The number of hydrogen-bond acceptors (Lipinski definition) is 4. The number of likely N-dealkylation sites (N-methyl/N-ethyl adjacent to an activating group) is 1. The van der Waals surface area contributed by atoms with Gasteiger partial charge in [-0.05, 0) is 25.6 Å². The van der Waals surface area contributed by atoms with Gasteiger partial charge in [-0.25, -0.2) is 9.48 Å². The lowest BCUT2D eigenvalue weighted by molar-refractivity contribution is 0.0568. The molecule has 3 rings (SSSR count). The van der Waals surface area contributed by atoms with Gasteiger partial charge in [-0.3, -0.25) is 5.32 Å². The van der Waals surface area contributed by atoms with Crippen molar-refractivity contribution in [2.24, 2.45) is 0 Å². The third-order valence-electron chi connectivity index (χ3n) is 4.38. The number of carbonyl (C=O) groups is 1. The molecule has 1 fully saturated rings. The second-order valence-corrected chi connectivity index (χ2v) is 6.79. The maximum atomic E-state index is 12.4. The van der Waals surface area contributed by atoms with Crippen LogP contribution in [0.3, 0.4) is 0 Å². The summed E-state index contributed by atoms with van der Waals surface area (Å²) in [7, 11) is 2.02. The molecule has 2 aromatic rings. The summed E-state index contributed by atoms with van der Waals surface area (Å²) >= 11 is 6.21. The van der Waals surface area contributed by atoms with E-state index in [4.69, 9.17) is 16.3 Å². The van der Waals surface area contributed by atoms with Crippen molar-refractivity contribution >= 4 is 23.4 Å². The Kier molecular flexibility index (Phi) is 6.13. The molecule has 0 saturated carbocycles. The van der Waals surface area contributed by atoms with E-state index < -0.39 is 0 Å². The molecule has 1 saturated heterocycles. The number of likely N-dealkylation sites (tertiary alicyclic amines) is 1. The van der Waals surface area contributed by atoms with Crippen molar-refractivity contribution in [2.75, 3.05) is 32.1 Å². The zero-order valence-electron chi connectivity index (χ0n) is 15.0. The first-order valence-electron chi connectivity index (χ1n) is 8.69. The molecule has 1 aliphatic heterocycles. The molecule has 2 N–H and O–H groups in total. The summed E-state index contributed by atoms with van der Waals surface area (Å²) in [5, 5.41) is 10.8. The highest BCUT2D eigenvalue weighted by Gasteiger charge is 2.32. The maximum Gasteiger partial charge on any atom is 0.320 e. The molecular weight excluding hydrogens is 354 g/mol. The first-order chi connectivity index (χ1) is 12.6. The van der Waals surface area contributed by atoms with Crippen LogP contribution in [0.5, 0.6) is 0 Å². The van der Waals surface area contributed by atoms with E-state index in [0.717, 1.165) is 18.7 Å². The van der Waals surface area contributed by atoms with Crippen LogP contribution in [0.25, 0.3) is 0 Å². The lowest BCUT2D eigenvalue weighted by Gasteiger charge is -2.20. The van der Waals surface area contributed by atoms with Crippen LogP contribution in [-0.4, -0.2) is 59.6 Å². The summed E-state index contributed by atoms with van der Waals surface area (Å²) in [6.45, 7) is 4.64. The first-order valence-corrected chi connectivity index (χ1v) is 9.07. The van der Waals surface area contributed by atoms with Gasteiger partial charge >= 0.3 is 6.03 Å². The van der Waals surface area contributed by atoms with E-state index in [2.05, 4.69) is 20.6 Å². The second kappa shape index (κ2) is 8.53. The molecule has 7 nitrogen and oxygen atoms in total. The number of benzene rings is 1. The highest BCUT2D eigenvalue weighted by Crippen LogP contribution is 2.18. The highest BCUT2D eigenvalue weighted by molar-refractivity contribution is 6.31. The molecule has 1 aliphatic rings. The number of anilines is 1. The molecule has 0 aliphatic carbocycles. The van der Waals surface area contributed by atoms with E-state index >= 15 is 0 Å². The molecule has 2 amide bonds. The SMILES string of the molecule is CCO[C@H]1CN(C)C[C@@H]1NC(=O)Nc1ccnn1Cc1ccccc1Cl. The number of halogens is 1. The van der Waals surface area contributed by atoms with Gasteiger partial charge < -0.3 is 15.0 Å². The minimum Gasteiger partial charge on any atom is -0.375 e. The predicted octanol–water partition coefficient (Wildman–Crippen LogP) is 2.43. The Bertz CT molecular complexity index is 751. The smallest absolute Gasteiger partial charge is 0.320 e. The second-order valence-electron chi connectivity index (χ2n) is 6.39. The van der Waals surface area contributed by atoms with E-state index in [1.165, 1.54) is 0 Å². The molecule has 1 aromatic heterocycles. The minimum atomic E-state index is -0.268. The van der Waals surface area contributed by atoms with Crippen LogP contribution in [0.15, 0.2) is 36.5 Å². The average Bonchev–Trinajstić information content (AvgIpc) is 3.16. The van der Waals surface area contributed by atoms with E-state index in [1.807, 2.05) is 38.2 Å². The lowest BCUT2D eigenvalue weighted by Crippen LogP contribution is -2.46. The molecule has 0 spiro atoms. The van der Waals surface area contributed by atoms with Crippen LogP contribution in [-0.2, 0) is 11.3 Å². The van der Waals surface area contributed by atoms with E-state index in [-0.39, 0.29) is 18.2 Å². The fraction of sp³-hybridized carbons (Fsp3) is 0.444. The van der Waals surface area contributed by atoms with Crippen molar-refractivity contribution in [3.63, 3.8) is 0 Å². The Morgan fingerprint density at radius 1 is 1.35 bits per heavy atom. The molecule has 140 valence electrons. The third kappa shape index (κ3) is 4.55. The monoisotopic (exact) mass is 377 g/mol. The Hall–Kier alpha value is -2.09. The van der Waals surface area contributed by atoms with Crippen LogP contribution in [0, 0.1) is 0 Å². The average molecular weight is 378 g/mol. The molecule has 0 radical (unpaired) electrons. The lowest BCUT2D eigenvalue weighted by atomic mass is 10.2. The molecule has 8 heteroatoms. The van der Waals surface area contributed by atoms with Gasteiger partial charge in [0.2, 0.25) is 0 Å². The van der Waals surface area contributed by atoms with Gasteiger partial charge in [0, 0.05) is 30.8 Å². The zero-order valence-corrected chi connectivity index (χ0v) is 15.7. The minimum absolute atomic E-state index is 0.00351. The van der Waals surface area contributed by atoms with Gasteiger partial charge in [0.15, 0.2) is 0 Å². The molecule has 2 atom stereocenters. The van der Waals surface area contributed by atoms with Crippen LogP contribution in [0.4, 0.5) is 10.6 Å². The molecule has 2 heterocycles. The number of rotatable bonds is 6. The Morgan fingerprint density at radius 2 is 2.15 bits per heavy atom. The standard InChI is InChI=1S/C18H24ClN5O2/c1-3-26-16-12-23(2)11-15(16)21-18(25)22-17-8-9-20-24(17)10-13-6-4-5-7-14(13)19/h4-9,15-16H,3,10-12H2,1-2H3,(H2,21,22,25)/t15-,16-/m0/s1. The van der Waals surface area contributed by atoms with Gasteiger partial charge in [-0.15, -0.1) is 0 Å². The largest absolute Gasteiger partial charge is 0.375 e. The molecule has 0 unspecified atom stereocenters. The number of carbonyl (C=O) groups excluding carboxylic acids is 1. The highest BCUT2D eigenvalue weighted by atomic mass is 35.5. The topological polar surface area (TPSA) is 71.4 Å². The Balaban J connectivity index is 1.62. The van der Waals surface area contributed by atoms with Gasteiger partial charge in [0.05, 0.1) is 24.9 Å². The fourth-order valence-electron chi connectivity index (χ4n) is 3.16. The van der Waals surface area contributed by atoms with Crippen molar-refractivity contribution in [2.45, 2.75) is 25.6 Å². The molecule has 1 aromatic carbocycles. The number of amides is 2. The van der Waals surface area contributed by atoms with Gasteiger partial charge in [0.25, 0.3) is 0 Å². The quantitative estimate of drug-likeness (QED) is 0.811. The zero-order chi connectivity index (χ0) is 18.5. The number of urea groups is 1. The van der Waals surface area contributed by atoms with E-state index in [0.29, 0.717) is 24.0 Å². The summed E-state index contributed by atoms with van der Waals surface area (Å²) in [5.74, 6) is 0.613. The molecule has 26 heavy (non-hydrogen) atoms. The summed E-state index contributed by atoms with van der Waals surface area (Å²) in [4.78, 5) is 14.6. The van der Waals surface area contributed by atoms with Gasteiger partial charge in [0.1, 0.15) is 5.82 Å². The summed E-state index contributed by atoms with van der Waals surface area (Å²) in [6.07, 6.45) is 1.66. The van der Waals surface area contributed by atoms with Crippen molar-refractivity contribution < 1.29 is 9.53 Å². The van der Waals surface area contributed by atoms with Crippen LogP contribution in [0.1, 0.15) is 12.5 Å². The van der Waals surface area contributed by atoms with E-state index in [1.54, 1.807) is 16.9 Å². The van der Waals surface area contributed by atoms with Gasteiger partial charge in [-0.1, -0.05) is 29.8 Å². The summed E-state index contributed by atoms with van der Waals surface area (Å²) < 4.78 is 7.43. The maximum absolute atomic E-state index is 12.4. The Labute approximate surface area is 158 Å². The van der Waals surface area contributed by atoms with Crippen LogP contribution in [0.2, 0.25) is 5.02 Å². The van der Waals surface area contributed by atoms with Crippen molar-refractivity contribution in [3.05, 3.63) is 47.1 Å². The van der Waals surface area contributed by atoms with Gasteiger partial charge in [-0.2, -0.15) is 5.10 Å². The summed E-state index contributed by atoms with van der Waals surface area (Å²) in [5.41, 5.74) is 0.940. The predicted molar refractivity (Wildman–Crippen MR) is 102 cm³/mol. The Morgan fingerprint density at radius 3 is 2.92 bits per heavy atom. The number of hydrogen-bond donors (Lipinski definition) is 2. The van der Waals surface area contributed by atoms with Crippen molar-refractivity contribution in [1.29, 1.82) is 0 Å². The summed E-state index contributed by atoms with van der Waals surface area (Å²) in [6, 6.07) is 9.04. The molecule has 0 bridgehead atoms. The number of nitrogens with one attached hydrogen (secondary N) is 2. The number of ether oxygens (including phenoxy) is 1. The van der Waals surface area contributed by atoms with Crippen molar-refractivity contribution in [3.8, 4) is 0 Å². The normalized spacial score (nSPS) is 20.3. The van der Waals surface area contributed by atoms with Crippen LogP contribution >= 0.6 is 11.6 Å². The molecular formula is C18H24ClN5O2. The number of aromatic nitrogens is 2. The first kappa shape index (κ1) is 18.7. The fourth-order valence-corrected chi connectivity index (χ4v) is 3.35.